The Morgan fingerprint density at radius 1 is 1.19 bits per heavy atom. The SMILES string of the molecule is O=C1CC(CCCc2ccccc2)C(=O)O1. The third-order valence-electron chi connectivity index (χ3n) is 2.82. The fraction of sp³-hybridized carbons (Fsp3) is 0.385. The molecule has 1 aromatic carbocycles. The molecule has 1 unspecified atom stereocenters. The zero-order valence-electron chi connectivity index (χ0n) is 9.02. The second-order valence-corrected chi connectivity index (χ2v) is 4.07. The first-order valence-electron chi connectivity index (χ1n) is 5.54. The van der Waals surface area contributed by atoms with Crippen molar-refractivity contribution in [3.05, 3.63) is 35.9 Å². The lowest BCUT2D eigenvalue weighted by Gasteiger charge is -2.04. The Balaban J connectivity index is 1.76. The Labute approximate surface area is 94.4 Å². The van der Waals surface area contributed by atoms with Gasteiger partial charge in [-0.2, -0.15) is 0 Å². The van der Waals surface area contributed by atoms with E-state index in [4.69, 9.17) is 0 Å². The number of ether oxygens (including phenoxy) is 1. The van der Waals surface area contributed by atoms with Crippen LogP contribution in [0.5, 0.6) is 0 Å². The summed E-state index contributed by atoms with van der Waals surface area (Å²) in [4.78, 5) is 22.0. The minimum atomic E-state index is -0.380. The molecule has 0 aliphatic carbocycles. The summed E-state index contributed by atoms with van der Waals surface area (Å²) in [7, 11) is 0. The van der Waals surface area contributed by atoms with Crippen LogP contribution >= 0.6 is 0 Å². The maximum absolute atomic E-state index is 11.2. The number of esters is 2. The number of hydrogen-bond donors (Lipinski definition) is 0. The van der Waals surface area contributed by atoms with Gasteiger partial charge in [-0.05, 0) is 24.8 Å². The monoisotopic (exact) mass is 218 g/mol. The largest absolute Gasteiger partial charge is 0.393 e. The Morgan fingerprint density at radius 2 is 1.94 bits per heavy atom. The minimum absolute atomic E-state index is 0.212. The molecule has 3 heteroatoms. The second kappa shape index (κ2) is 4.92. The van der Waals surface area contributed by atoms with E-state index >= 15 is 0 Å². The molecule has 0 spiro atoms. The van der Waals surface area contributed by atoms with Gasteiger partial charge in [0.05, 0.1) is 12.3 Å². The first-order chi connectivity index (χ1) is 7.75. The maximum atomic E-state index is 11.2. The highest BCUT2D eigenvalue weighted by molar-refractivity contribution is 5.94. The van der Waals surface area contributed by atoms with Crippen LogP contribution in [0, 0.1) is 5.92 Å². The van der Waals surface area contributed by atoms with Crippen LogP contribution in [0.25, 0.3) is 0 Å². The smallest absolute Gasteiger partial charge is 0.317 e. The number of aryl methyl sites for hydroxylation is 1. The molecular weight excluding hydrogens is 204 g/mol. The second-order valence-electron chi connectivity index (χ2n) is 4.07. The molecule has 1 saturated heterocycles. The normalized spacial score (nSPS) is 19.9. The van der Waals surface area contributed by atoms with Gasteiger partial charge in [-0.1, -0.05) is 30.3 Å². The molecular formula is C13H14O3. The third-order valence-corrected chi connectivity index (χ3v) is 2.82. The molecule has 1 heterocycles. The van der Waals surface area contributed by atoms with Gasteiger partial charge >= 0.3 is 11.9 Å². The van der Waals surface area contributed by atoms with E-state index in [2.05, 4.69) is 16.9 Å². The fourth-order valence-electron chi connectivity index (χ4n) is 1.94. The van der Waals surface area contributed by atoms with Crippen molar-refractivity contribution in [2.24, 2.45) is 5.92 Å². The van der Waals surface area contributed by atoms with E-state index in [0.717, 1.165) is 19.3 Å². The van der Waals surface area contributed by atoms with E-state index in [0.29, 0.717) is 0 Å². The third kappa shape index (κ3) is 2.69. The highest BCUT2D eigenvalue weighted by Crippen LogP contribution is 2.21. The summed E-state index contributed by atoms with van der Waals surface area (Å²) in [6.45, 7) is 0. The molecule has 1 atom stereocenters. The molecule has 0 bridgehead atoms. The van der Waals surface area contributed by atoms with Crippen LogP contribution in [-0.4, -0.2) is 11.9 Å². The predicted molar refractivity (Wildman–Crippen MR) is 58.6 cm³/mol. The van der Waals surface area contributed by atoms with Crippen LogP contribution in [0.3, 0.4) is 0 Å². The van der Waals surface area contributed by atoms with Crippen molar-refractivity contribution in [2.45, 2.75) is 25.7 Å². The van der Waals surface area contributed by atoms with Gasteiger partial charge in [-0.3, -0.25) is 9.59 Å². The molecule has 16 heavy (non-hydrogen) atoms. The molecule has 84 valence electrons. The molecule has 1 aliphatic rings. The lowest BCUT2D eigenvalue weighted by molar-refractivity contribution is -0.153. The van der Waals surface area contributed by atoms with Crippen molar-refractivity contribution in [2.75, 3.05) is 0 Å². The topological polar surface area (TPSA) is 43.4 Å². The Bertz CT molecular complexity index is 383. The number of hydrogen-bond acceptors (Lipinski definition) is 3. The zero-order valence-corrected chi connectivity index (χ0v) is 9.02. The van der Waals surface area contributed by atoms with Crippen molar-refractivity contribution in [1.82, 2.24) is 0 Å². The van der Waals surface area contributed by atoms with Crippen molar-refractivity contribution >= 4 is 11.9 Å². The molecule has 0 saturated carbocycles. The Kier molecular flexibility index (Phi) is 3.34. The Hall–Kier alpha value is -1.64. The average Bonchev–Trinajstić information content (AvgIpc) is 2.59. The molecule has 1 aromatic rings. The van der Waals surface area contributed by atoms with Crippen molar-refractivity contribution in [3.63, 3.8) is 0 Å². The van der Waals surface area contributed by atoms with Crippen LogP contribution in [0.4, 0.5) is 0 Å². The molecule has 2 rings (SSSR count). The van der Waals surface area contributed by atoms with Gasteiger partial charge in [0.2, 0.25) is 0 Å². The lowest BCUT2D eigenvalue weighted by atomic mass is 9.98. The van der Waals surface area contributed by atoms with Gasteiger partial charge < -0.3 is 4.74 Å². The fourth-order valence-corrected chi connectivity index (χ4v) is 1.94. The summed E-state index contributed by atoms with van der Waals surface area (Å²) in [5.41, 5.74) is 1.26. The summed E-state index contributed by atoms with van der Waals surface area (Å²) >= 11 is 0. The number of carbonyl (C=O) groups excluding carboxylic acids is 2. The first kappa shape index (κ1) is 10.9. The highest BCUT2D eigenvalue weighted by atomic mass is 16.6. The predicted octanol–water partition coefficient (Wildman–Crippen LogP) is 2.10. The lowest BCUT2D eigenvalue weighted by Crippen LogP contribution is -2.07. The van der Waals surface area contributed by atoms with Crippen LogP contribution < -0.4 is 0 Å². The van der Waals surface area contributed by atoms with Crippen LogP contribution in [0.15, 0.2) is 30.3 Å². The summed E-state index contributed by atoms with van der Waals surface area (Å²) < 4.78 is 4.50. The van der Waals surface area contributed by atoms with E-state index in [-0.39, 0.29) is 24.3 Å². The van der Waals surface area contributed by atoms with Gasteiger partial charge in [0.25, 0.3) is 0 Å². The number of cyclic esters (lactones) is 2. The van der Waals surface area contributed by atoms with E-state index in [1.807, 2.05) is 18.2 Å². The van der Waals surface area contributed by atoms with Gasteiger partial charge in [0.1, 0.15) is 0 Å². The molecule has 0 N–H and O–H groups in total. The summed E-state index contributed by atoms with van der Waals surface area (Å²) in [5.74, 6) is -0.941. The van der Waals surface area contributed by atoms with Crippen LogP contribution in [-0.2, 0) is 20.7 Å². The van der Waals surface area contributed by atoms with E-state index in [1.165, 1.54) is 5.56 Å². The van der Waals surface area contributed by atoms with E-state index in [9.17, 15) is 9.59 Å². The molecule has 0 radical (unpaired) electrons. The highest BCUT2D eigenvalue weighted by Gasteiger charge is 2.32. The van der Waals surface area contributed by atoms with Gasteiger partial charge in [0, 0.05) is 0 Å². The quantitative estimate of drug-likeness (QED) is 0.574. The molecule has 3 nitrogen and oxygen atoms in total. The van der Waals surface area contributed by atoms with Crippen molar-refractivity contribution in [1.29, 1.82) is 0 Å². The number of benzene rings is 1. The Morgan fingerprint density at radius 3 is 2.56 bits per heavy atom. The molecule has 1 fully saturated rings. The van der Waals surface area contributed by atoms with Crippen molar-refractivity contribution in [3.8, 4) is 0 Å². The summed E-state index contributed by atoms with van der Waals surface area (Å²) in [6, 6.07) is 10.1. The first-order valence-corrected chi connectivity index (χ1v) is 5.54. The maximum Gasteiger partial charge on any atom is 0.317 e. The standard InChI is InChI=1S/C13H14O3/c14-12-9-11(13(15)16-12)8-4-7-10-5-2-1-3-6-10/h1-3,5-6,11H,4,7-9H2. The average molecular weight is 218 g/mol. The molecule has 0 aromatic heterocycles. The van der Waals surface area contributed by atoms with Crippen molar-refractivity contribution < 1.29 is 14.3 Å². The van der Waals surface area contributed by atoms with E-state index in [1.54, 1.807) is 0 Å². The van der Waals surface area contributed by atoms with Gasteiger partial charge in [0.15, 0.2) is 0 Å². The van der Waals surface area contributed by atoms with Crippen LogP contribution in [0.2, 0.25) is 0 Å². The van der Waals surface area contributed by atoms with Gasteiger partial charge in [-0.15, -0.1) is 0 Å². The van der Waals surface area contributed by atoms with E-state index < -0.39 is 0 Å². The van der Waals surface area contributed by atoms with Gasteiger partial charge in [-0.25, -0.2) is 0 Å². The minimum Gasteiger partial charge on any atom is -0.393 e. The number of rotatable bonds is 4. The zero-order chi connectivity index (χ0) is 11.4. The number of carbonyl (C=O) groups is 2. The summed E-state index contributed by atoms with van der Waals surface area (Å²) in [6.07, 6.45) is 2.85. The molecule has 0 amide bonds. The summed E-state index contributed by atoms with van der Waals surface area (Å²) in [5, 5.41) is 0. The van der Waals surface area contributed by atoms with Crippen LogP contribution in [0.1, 0.15) is 24.8 Å². The molecule has 1 aliphatic heterocycles.